The molecule has 0 bridgehead atoms. The maximum atomic E-state index is 11.9. The van der Waals surface area contributed by atoms with Crippen LogP contribution in [0.25, 0.3) is 0 Å². The number of rotatable bonds is 11. The van der Waals surface area contributed by atoms with Crippen molar-refractivity contribution in [2.75, 3.05) is 26.2 Å². The molecule has 0 aromatic carbocycles. The summed E-state index contributed by atoms with van der Waals surface area (Å²) in [5, 5.41) is 6.74. The number of pyridine rings is 1. The molecule has 1 rings (SSSR count). The number of aromatic nitrogens is 1. The summed E-state index contributed by atoms with van der Waals surface area (Å²) in [5.41, 5.74) is 1.09. The highest BCUT2D eigenvalue weighted by molar-refractivity contribution is 5.79. The second kappa shape index (κ2) is 12.5. The Kier molecular flexibility index (Phi) is 10.8. The number of nitrogens with one attached hydrogen (secondary N) is 2. The van der Waals surface area contributed by atoms with Gasteiger partial charge in [-0.05, 0) is 60.5 Å². The fraction of sp³-hybridized carbons (Fsp3) is 0.714. The summed E-state index contributed by atoms with van der Waals surface area (Å²) in [5.74, 6) is 0.873. The first-order valence-corrected chi connectivity index (χ1v) is 10.3. The van der Waals surface area contributed by atoms with Gasteiger partial charge in [-0.25, -0.2) is 0 Å². The molecule has 0 aliphatic carbocycles. The smallest absolute Gasteiger partial charge is 0.250 e. The van der Waals surface area contributed by atoms with Gasteiger partial charge in [0.2, 0.25) is 0 Å². The molecule has 0 fully saturated rings. The Balaban J connectivity index is 2.41. The SMILES string of the molecule is CCNC(=NCCCCn1c(C)cccc1=O)NCCN(C(C)C)C(C)C. The second-order valence-corrected chi connectivity index (χ2v) is 7.48. The number of unbranched alkanes of at least 4 members (excludes halogenated alkanes) is 1. The molecule has 0 spiro atoms. The maximum Gasteiger partial charge on any atom is 0.250 e. The van der Waals surface area contributed by atoms with Gasteiger partial charge in [0.25, 0.3) is 5.56 Å². The van der Waals surface area contributed by atoms with E-state index >= 15 is 0 Å². The monoisotopic (exact) mass is 377 g/mol. The van der Waals surface area contributed by atoms with Gasteiger partial charge in [-0.3, -0.25) is 14.7 Å². The fourth-order valence-electron chi connectivity index (χ4n) is 3.24. The zero-order valence-electron chi connectivity index (χ0n) is 18.1. The molecule has 0 atom stereocenters. The van der Waals surface area contributed by atoms with E-state index in [2.05, 4.69) is 55.1 Å². The van der Waals surface area contributed by atoms with Crippen molar-refractivity contribution in [3.8, 4) is 0 Å². The van der Waals surface area contributed by atoms with Gasteiger partial charge in [-0.1, -0.05) is 6.07 Å². The van der Waals surface area contributed by atoms with E-state index in [9.17, 15) is 4.79 Å². The van der Waals surface area contributed by atoms with Crippen molar-refractivity contribution >= 4 is 5.96 Å². The molecule has 0 radical (unpaired) electrons. The highest BCUT2D eigenvalue weighted by atomic mass is 16.1. The van der Waals surface area contributed by atoms with Crippen molar-refractivity contribution < 1.29 is 0 Å². The van der Waals surface area contributed by atoms with Crippen molar-refractivity contribution in [2.24, 2.45) is 4.99 Å². The molecule has 1 aromatic heterocycles. The van der Waals surface area contributed by atoms with Gasteiger partial charge >= 0.3 is 0 Å². The highest BCUT2D eigenvalue weighted by Gasteiger charge is 2.12. The van der Waals surface area contributed by atoms with Crippen LogP contribution in [0, 0.1) is 6.92 Å². The van der Waals surface area contributed by atoms with Gasteiger partial charge in [-0.2, -0.15) is 0 Å². The molecule has 0 amide bonds. The van der Waals surface area contributed by atoms with E-state index in [1.165, 1.54) is 0 Å². The standard InChI is InChI=1S/C21H39N5O/c1-7-22-21(24-14-16-25(17(2)3)18(4)5)23-13-8-9-15-26-19(6)11-10-12-20(26)27/h10-12,17-18H,7-9,13-16H2,1-6H3,(H2,22,23,24). The van der Waals surface area contributed by atoms with Crippen molar-refractivity contribution in [2.45, 2.75) is 73.0 Å². The van der Waals surface area contributed by atoms with Crippen LogP contribution in [-0.4, -0.2) is 53.7 Å². The number of guanidine groups is 1. The van der Waals surface area contributed by atoms with E-state index in [0.29, 0.717) is 12.1 Å². The molecular weight excluding hydrogens is 338 g/mol. The third kappa shape index (κ3) is 8.61. The lowest BCUT2D eigenvalue weighted by atomic mass is 10.2. The molecule has 27 heavy (non-hydrogen) atoms. The molecule has 6 heteroatoms. The molecule has 0 aliphatic rings. The predicted molar refractivity (Wildman–Crippen MR) is 116 cm³/mol. The maximum absolute atomic E-state index is 11.9. The van der Waals surface area contributed by atoms with Crippen LogP contribution >= 0.6 is 0 Å². The minimum atomic E-state index is 0.0772. The van der Waals surface area contributed by atoms with E-state index in [1.54, 1.807) is 6.07 Å². The third-order valence-electron chi connectivity index (χ3n) is 4.66. The summed E-state index contributed by atoms with van der Waals surface area (Å²) in [6.45, 7) is 17.2. The summed E-state index contributed by atoms with van der Waals surface area (Å²) in [6, 6.07) is 6.49. The lowest BCUT2D eigenvalue weighted by Gasteiger charge is -2.30. The predicted octanol–water partition coefficient (Wildman–Crippen LogP) is 2.61. The minimum absolute atomic E-state index is 0.0772. The van der Waals surface area contributed by atoms with E-state index < -0.39 is 0 Å². The molecule has 1 aromatic rings. The zero-order valence-corrected chi connectivity index (χ0v) is 18.1. The molecule has 0 saturated carbocycles. The Hall–Kier alpha value is -1.82. The van der Waals surface area contributed by atoms with Crippen LogP contribution in [-0.2, 0) is 6.54 Å². The van der Waals surface area contributed by atoms with Gasteiger partial charge in [0.05, 0.1) is 0 Å². The molecule has 2 N–H and O–H groups in total. The first kappa shape index (κ1) is 23.2. The van der Waals surface area contributed by atoms with Crippen LogP contribution in [0.4, 0.5) is 0 Å². The molecule has 154 valence electrons. The Morgan fingerprint density at radius 1 is 1.15 bits per heavy atom. The van der Waals surface area contributed by atoms with Crippen molar-refractivity contribution in [3.63, 3.8) is 0 Å². The number of hydrogen-bond donors (Lipinski definition) is 2. The summed E-state index contributed by atoms with van der Waals surface area (Å²) >= 11 is 0. The van der Waals surface area contributed by atoms with E-state index in [0.717, 1.165) is 57.2 Å². The van der Waals surface area contributed by atoms with Gasteiger partial charge in [-0.15, -0.1) is 0 Å². The summed E-state index contributed by atoms with van der Waals surface area (Å²) in [7, 11) is 0. The van der Waals surface area contributed by atoms with Crippen LogP contribution in [0.15, 0.2) is 28.0 Å². The quantitative estimate of drug-likeness (QED) is 0.353. The molecule has 0 unspecified atom stereocenters. The van der Waals surface area contributed by atoms with E-state index in [1.807, 2.05) is 23.6 Å². The van der Waals surface area contributed by atoms with E-state index in [-0.39, 0.29) is 5.56 Å². The fourth-order valence-corrected chi connectivity index (χ4v) is 3.24. The first-order chi connectivity index (χ1) is 12.9. The van der Waals surface area contributed by atoms with Crippen molar-refractivity contribution in [1.82, 2.24) is 20.1 Å². The Morgan fingerprint density at radius 3 is 2.44 bits per heavy atom. The third-order valence-corrected chi connectivity index (χ3v) is 4.66. The number of aliphatic imine (C=N–C) groups is 1. The largest absolute Gasteiger partial charge is 0.357 e. The van der Waals surface area contributed by atoms with Crippen molar-refractivity contribution in [1.29, 1.82) is 0 Å². The molecular formula is C21H39N5O. The summed E-state index contributed by atoms with van der Waals surface area (Å²) in [6.07, 6.45) is 1.91. The average Bonchev–Trinajstić information content (AvgIpc) is 2.59. The van der Waals surface area contributed by atoms with Gasteiger partial charge < -0.3 is 15.2 Å². The average molecular weight is 378 g/mol. The van der Waals surface area contributed by atoms with Gasteiger partial charge in [0.15, 0.2) is 5.96 Å². The van der Waals surface area contributed by atoms with Crippen LogP contribution < -0.4 is 16.2 Å². The van der Waals surface area contributed by atoms with Crippen LogP contribution in [0.1, 0.15) is 53.2 Å². The minimum Gasteiger partial charge on any atom is -0.357 e. The lowest BCUT2D eigenvalue weighted by molar-refractivity contribution is 0.178. The number of hydrogen-bond acceptors (Lipinski definition) is 3. The normalized spacial score (nSPS) is 12.3. The van der Waals surface area contributed by atoms with Crippen molar-refractivity contribution in [3.05, 3.63) is 34.2 Å². The molecule has 1 heterocycles. The highest BCUT2D eigenvalue weighted by Crippen LogP contribution is 2.03. The van der Waals surface area contributed by atoms with Crippen LogP contribution in [0.3, 0.4) is 0 Å². The topological polar surface area (TPSA) is 61.7 Å². The lowest BCUT2D eigenvalue weighted by Crippen LogP contribution is -2.45. The van der Waals surface area contributed by atoms with E-state index in [4.69, 9.17) is 0 Å². The Bertz CT molecular complexity index is 613. The van der Waals surface area contributed by atoms with Crippen LogP contribution in [0.5, 0.6) is 0 Å². The Labute approximate surface area is 165 Å². The summed E-state index contributed by atoms with van der Waals surface area (Å²) in [4.78, 5) is 19.0. The molecule has 0 aliphatic heterocycles. The first-order valence-electron chi connectivity index (χ1n) is 10.3. The molecule has 0 saturated heterocycles. The summed E-state index contributed by atoms with van der Waals surface area (Å²) < 4.78 is 1.83. The van der Waals surface area contributed by atoms with Gasteiger partial charge in [0, 0.05) is 56.6 Å². The number of nitrogens with zero attached hydrogens (tertiary/aromatic N) is 3. The zero-order chi connectivity index (χ0) is 20.2. The second-order valence-electron chi connectivity index (χ2n) is 7.48. The van der Waals surface area contributed by atoms with Gasteiger partial charge in [0.1, 0.15) is 0 Å². The van der Waals surface area contributed by atoms with Crippen LogP contribution in [0.2, 0.25) is 0 Å². The Morgan fingerprint density at radius 2 is 1.85 bits per heavy atom. The molecule has 6 nitrogen and oxygen atoms in total. The number of aryl methyl sites for hydroxylation is 1.